The standard InChI is InChI=1S/C20H24O5S2/c21-16-17-10-4-3-9-15-20(17,26(22,23)18-11-5-1-6-12-18)27(24,25)19-13-7-2-8-14-19/h1-2,5-8,11-14,17,21H,3-4,9-10,15-16H2. The summed E-state index contributed by atoms with van der Waals surface area (Å²) in [7, 11) is -8.52. The SMILES string of the molecule is O=S(=O)(c1ccccc1)C1(S(=O)(=O)c2ccccc2)CCCCCC1CO. The fraction of sp³-hybridized carbons (Fsp3) is 0.400. The summed E-state index contributed by atoms with van der Waals surface area (Å²) in [5.41, 5.74) is 0. The number of rotatable bonds is 5. The minimum Gasteiger partial charge on any atom is -0.396 e. The Labute approximate surface area is 160 Å². The first-order valence-electron chi connectivity index (χ1n) is 9.08. The van der Waals surface area contributed by atoms with Crippen LogP contribution in [0.3, 0.4) is 0 Å². The highest BCUT2D eigenvalue weighted by Gasteiger charge is 2.60. The van der Waals surface area contributed by atoms with Crippen LogP contribution >= 0.6 is 0 Å². The predicted octanol–water partition coefficient (Wildman–Crippen LogP) is 3.20. The highest BCUT2D eigenvalue weighted by molar-refractivity contribution is 8.10. The summed E-state index contributed by atoms with van der Waals surface area (Å²) < 4.78 is 53.0. The zero-order valence-corrected chi connectivity index (χ0v) is 16.6. The minimum atomic E-state index is -4.26. The van der Waals surface area contributed by atoms with Crippen LogP contribution in [-0.4, -0.2) is 32.6 Å². The van der Waals surface area contributed by atoms with Gasteiger partial charge in [-0.3, -0.25) is 0 Å². The number of aliphatic hydroxyl groups is 1. The van der Waals surface area contributed by atoms with Crippen molar-refractivity contribution in [1.29, 1.82) is 0 Å². The maximum absolute atomic E-state index is 13.8. The first-order valence-corrected chi connectivity index (χ1v) is 12.0. The topological polar surface area (TPSA) is 88.5 Å². The van der Waals surface area contributed by atoms with Crippen LogP contribution in [0.15, 0.2) is 70.5 Å². The number of sulfone groups is 2. The predicted molar refractivity (Wildman–Crippen MR) is 104 cm³/mol. The van der Waals surface area contributed by atoms with Gasteiger partial charge in [-0.15, -0.1) is 0 Å². The molecular formula is C20H24O5S2. The lowest BCUT2D eigenvalue weighted by molar-refractivity contribution is 0.202. The van der Waals surface area contributed by atoms with Gasteiger partial charge in [0.25, 0.3) is 0 Å². The van der Waals surface area contributed by atoms with Crippen LogP contribution in [0.25, 0.3) is 0 Å². The Kier molecular flexibility index (Phi) is 5.74. The summed E-state index contributed by atoms with van der Waals surface area (Å²) in [6.45, 7) is -0.488. The number of benzene rings is 2. The van der Waals surface area contributed by atoms with E-state index in [0.29, 0.717) is 19.3 Å². The lowest BCUT2D eigenvalue weighted by Crippen LogP contribution is -2.53. The van der Waals surface area contributed by atoms with Crippen molar-refractivity contribution in [2.24, 2.45) is 5.92 Å². The minimum absolute atomic E-state index is 0.0211. The van der Waals surface area contributed by atoms with Crippen LogP contribution in [-0.2, 0) is 19.7 Å². The Hall–Kier alpha value is -1.70. The highest BCUT2D eigenvalue weighted by atomic mass is 32.3. The molecular weight excluding hydrogens is 384 g/mol. The molecule has 0 aliphatic heterocycles. The molecule has 146 valence electrons. The second kappa shape index (κ2) is 7.73. The van der Waals surface area contributed by atoms with E-state index in [1.54, 1.807) is 36.4 Å². The Balaban J connectivity index is 2.34. The molecule has 0 amide bonds. The summed E-state index contributed by atoms with van der Waals surface area (Å²) in [5, 5.41) is 10.0. The molecule has 0 aromatic heterocycles. The normalized spacial score (nSPS) is 20.7. The summed E-state index contributed by atoms with van der Waals surface area (Å²) in [5.74, 6) is -0.879. The first-order chi connectivity index (χ1) is 12.9. The third kappa shape index (κ3) is 3.22. The molecule has 7 heteroatoms. The summed E-state index contributed by atoms with van der Waals surface area (Å²) in [6, 6.07) is 15.4. The largest absolute Gasteiger partial charge is 0.396 e. The molecule has 2 aromatic carbocycles. The average Bonchev–Trinajstić information content (AvgIpc) is 2.93. The van der Waals surface area contributed by atoms with Crippen LogP contribution in [0, 0.1) is 5.92 Å². The van der Waals surface area contributed by atoms with E-state index in [1.165, 1.54) is 24.3 Å². The molecule has 1 unspecified atom stereocenters. The highest BCUT2D eigenvalue weighted by Crippen LogP contribution is 2.48. The van der Waals surface area contributed by atoms with Gasteiger partial charge in [0.15, 0.2) is 23.8 Å². The molecule has 0 spiro atoms. The van der Waals surface area contributed by atoms with E-state index in [4.69, 9.17) is 0 Å². The molecule has 1 aliphatic carbocycles. The van der Waals surface area contributed by atoms with Gasteiger partial charge in [-0.2, -0.15) is 0 Å². The Morgan fingerprint density at radius 3 is 1.70 bits per heavy atom. The second-order valence-corrected chi connectivity index (χ2v) is 11.6. The lowest BCUT2D eigenvalue weighted by atomic mass is 10.0. The molecule has 0 heterocycles. The smallest absolute Gasteiger partial charge is 0.199 e. The molecule has 0 bridgehead atoms. The summed E-state index contributed by atoms with van der Waals surface area (Å²) in [6.07, 6.45) is 2.25. The Bertz CT molecular complexity index is 898. The maximum atomic E-state index is 13.8. The van der Waals surface area contributed by atoms with E-state index in [0.717, 1.165) is 6.42 Å². The fourth-order valence-electron chi connectivity index (χ4n) is 4.04. The van der Waals surface area contributed by atoms with E-state index < -0.39 is 36.3 Å². The van der Waals surface area contributed by atoms with Crippen LogP contribution < -0.4 is 0 Å². The van der Waals surface area contributed by atoms with Crippen molar-refractivity contribution in [1.82, 2.24) is 0 Å². The molecule has 1 atom stereocenters. The van der Waals surface area contributed by atoms with Crippen molar-refractivity contribution < 1.29 is 21.9 Å². The van der Waals surface area contributed by atoms with E-state index in [-0.39, 0.29) is 16.2 Å². The zero-order valence-electron chi connectivity index (χ0n) is 15.0. The Morgan fingerprint density at radius 2 is 1.26 bits per heavy atom. The lowest BCUT2D eigenvalue weighted by Gasteiger charge is -2.37. The molecule has 0 radical (unpaired) electrons. The zero-order chi connectivity index (χ0) is 19.5. The van der Waals surface area contributed by atoms with Gasteiger partial charge in [0, 0.05) is 12.5 Å². The van der Waals surface area contributed by atoms with Crippen LogP contribution in [0.4, 0.5) is 0 Å². The van der Waals surface area contributed by atoms with Gasteiger partial charge >= 0.3 is 0 Å². The van der Waals surface area contributed by atoms with Gasteiger partial charge in [0.1, 0.15) is 0 Å². The molecule has 5 nitrogen and oxygen atoms in total. The fourth-order valence-corrected chi connectivity index (χ4v) is 9.69. The Morgan fingerprint density at radius 1 is 0.778 bits per heavy atom. The van der Waals surface area contributed by atoms with Crippen LogP contribution in [0.5, 0.6) is 0 Å². The number of hydrogen-bond donors (Lipinski definition) is 1. The van der Waals surface area contributed by atoms with E-state index in [2.05, 4.69) is 0 Å². The van der Waals surface area contributed by atoms with Crippen molar-refractivity contribution >= 4 is 19.7 Å². The summed E-state index contributed by atoms with van der Waals surface area (Å²) in [4.78, 5) is -0.0466. The van der Waals surface area contributed by atoms with Crippen molar-refractivity contribution in [3.63, 3.8) is 0 Å². The molecule has 1 aliphatic rings. The first kappa shape index (κ1) is 20.0. The number of aliphatic hydroxyl groups excluding tert-OH is 1. The molecule has 0 saturated heterocycles. The monoisotopic (exact) mass is 408 g/mol. The van der Waals surface area contributed by atoms with Gasteiger partial charge in [-0.05, 0) is 37.1 Å². The maximum Gasteiger partial charge on any atom is 0.199 e. The van der Waals surface area contributed by atoms with Gasteiger partial charge in [0.2, 0.25) is 0 Å². The molecule has 1 fully saturated rings. The van der Waals surface area contributed by atoms with E-state index in [1.807, 2.05) is 0 Å². The van der Waals surface area contributed by atoms with Gasteiger partial charge in [-0.25, -0.2) is 16.8 Å². The third-order valence-corrected chi connectivity index (χ3v) is 11.4. The molecule has 2 aromatic rings. The van der Waals surface area contributed by atoms with Gasteiger partial charge in [-0.1, -0.05) is 55.7 Å². The van der Waals surface area contributed by atoms with Crippen molar-refractivity contribution in [3.05, 3.63) is 60.7 Å². The molecule has 1 N–H and O–H groups in total. The van der Waals surface area contributed by atoms with Crippen molar-refractivity contribution in [3.8, 4) is 0 Å². The van der Waals surface area contributed by atoms with Crippen molar-refractivity contribution in [2.75, 3.05) is 6.61 Å². The third-order valence-electron chi connectivity index (χ3n) is 5.44. The van der Waals surface area contributed by atoms with Gasteiger partial charge < -0.3 is 5.11 Å². The second-order valence-electron chi connectivity index (χ2n) is 6.92. The van der Waals surface area contributed by atoms with Crippen LogP contribution in [0.2, 0.25) is 0 Å². The average molecular weight is 409 g/mol. The quantitative estimate of drug-likeness (QED) is 0.768. The van der Waals surface area contributed by atoms with Crippen LogP contribution in [0.1, 0.15) is 32.1 Å². The van der Waals surface area contributed by atoms with E-state index >= 15 is 0 Å². The van der Waals surface area contributed by atoms with E-state index in [9.17, 15) is 21.9 Å². The molecule has 27 heavy (non-hydrogen) atoms. The molecule has 3 rings (SSSR count). The summed E-state index contributed by atoms with van der Waals surface area (Å²) >= 11 is 0. The number of hydrogen-bond acceptors (Lipinski definition) is 5. The van der Waals surface area contributed by atoms with Gasteiger partial charge in [0.05, 0.1) is 9.79 Å². The van der Waals surface area contributed by atoms with Crippen molar-refractivity contribution in [2.45, 2.75) is 46.0 Å². The molecule has 1 saturated carbocycles.